The highest BCUT2D eigenvalue weighted by molar-refractivity contribution is 5.80. The Morgan fingerprint density at radius 1 is 1.12 bits per heavy atom. The summed E-state index contributed by atoms with van der Waals surface area (Å²) >= 11 is 0. The second-order valence-electron chi connectivity index (χ2n) is 5.17. The Morgan fingerprint density at radius 3 is 2.50 bits per heavy atom. The molecule has 0 saturated heterocycles. The van der Waals surface area contributed by atoms with Gasteiger partial charge in [-0.05, 0) is 49.8 Å². The standard InChI is InChI=1S/C19H19N3.C2H6/c1-4-15(5-2)22(16-10-8-9-14(3)13-16)19-20-17-11-6-7-12-18(17)21-19;1-2/h4-13H,1H2,2-3H3,(H,20,21);1-2H3/b15-5+;. The topological polar surface area (TPSA) is 31.9 Å². The molecule has 0 spiro atoms. The van der Waals surface area contributed by atoms with Crippen molar-refractivity contribution in [3.05, 3.63) is 78.5 Å². The molecule has 124 valence electrons. The van der Waals surface area contributed by atoms with E-state index in [1.54, 1.807) is 0 Å². The zero-order valence-electron chi connectivity index (χ0n) is 14.9. The Bertz CT molecular complexity index is 810. The number of aryl methyl sites for hydroxylation is 1. The van der Waals surface area contributed by atoms with Crippen LogP contribution in [0.5, 0.6) is 0 Å². The molecule has 0 saturated carbocycles. The lowest BCUT2D eigenvalue weighted by Crippen LogP contribution is -2.16. The van der Waals surface area contributed by atoms with E-state index in [2.05, 4.69) is 47.7 Å². The predicted molar refractivity (Wildman–Crippen MR) is 105 cm³/mol. The van der Waals surface area contributed by atoms with Gasteiger partial charge in [-0.2, -0.15) is 0 Å². The Morgan fingerprint density at radius 2 is 1.88 bits per heavy atom. The summed E-state index contributed by atoms with van der Waals surface area (Å²) in [4.78, 5) is 10.2. The third kappa shape index (κ3) is 3.57. The zero-order chi connectivity index (χ0) is 17.5. The molecule has 24 heavy (non-hydrogen) atoms. The summed E-state index contributed by atoms with van der Waals surface area (Å²) in [6, 6.07) is 16.4. The van der Waals surface area contributed by atoms with Crippen molar-refractivity contribution in [1.29, 1.82) is 0 Å². The van der Waals surface area contributed by atoms with Gasteiger partial charge in [-0.1, -0.05) is 50.8 Å². The minimum Gasteiger partial charge on any atom is -0.323 e. The number of aromatic amines is 1. The van der Waals surface area contributed by atoms with Gasteiger partial charge < -0.3 is 4.98 Å². The lowest BCUT2D eigenvalue weighted by atomic mass is 10.2. The van der Waals surface area contributed by atoms with Crippen LogP contribution in [0.1, 0.15) is 26.3 Å². The van der Waals surface area contributed by atoms with E-state index < -0.39 is 0 Å². The van der Waals surface area contributed by atoms with Crippen LogP contribution in [0.15, 0.2) is 73.0 Å². The van der Waals surface area contributed by atoms with Gasteiger partial charge in [0.2, 0.25) is 5.95 Å². The SMILES string of the molecule is C=C/C(=C\C)N(c1cccc(C)c1)c1nc2ccccc2[nH]1.CC. The number of benzene rings is 2. The maximum absolute atomic E-state index is 4.72. The van der Waals surface area contributed by atoms with Crippen LogP contribution in [0.3, 0.4) is 0 Å². The minimum atomic E-state index is 0.791. The summed E-state index contributed by atoms with van der Waals surface area (Å²) in [6.45, 7) is 12.0. The molecular formula is C21H25N3. The lowest BCUT2D eigenvalue weighted by Gasteiger charge is -2.23. The molecule has 0 bridgehead atoms. The molecule has 0 aliphatic carbocycles. The molecule has 0 atom stereocenters. The van der Waals surface area contributed by atoms with Crippen molar-refractivity contribution in [3.63, 3.8) is 0 Å². The van der Waals surface area contributed by atoms with Crippen molar-refractivity contribution in [3.8, 4) is 0 Å². The number of para-hydroxylation sites is 2. The molecule has 1 aromatic heterocycles. The van der Waals surface area contributed by atoms with Crippen LogP contribution in [0, 0.1) is 6.92 Å². The Balaban J connectivity index is 0.00000100. The van der Waals surface area contributed by atoms with Crippen molar-refractivity contribution < 1.29 is 0 Å². The van der Waals surface area contributed by atoms with Crippen molar-refractivity contribution >= 4 is 22.7 Å². The second kappa shape index (κ2) is 8.16. The minimum absolute atomic E-state index is 0.791. The summed E-state index contributed by atoms with van der Waals surface area (Å²) in [6.07, 6.45) is 3.87. The molecule has 3 aromatic rings. The van der Waals surface area contributed by atoms with Gasteiger partial charge in [0.25, 0.3) is 0 Å². The van der Waals surface area contributed by atoms with Crippen LogP contribution >= 0.6 is 0 Å². The Hall–Kier alpha value is -2.81. The zero-order valence-corrected chi connectivity index (χ0v) is 14.9. The average Bonchev–Trinajstić information content (AvgIpc) is 3.04. The highest BCUT2D eigenvalue weighted by atomic mass is 15.3. The maximum atomic E-state index is 4.72. The predicted octanol–water partition coefficient (Wildman–Crippen LogP) is 6.13. The third-order valence-electron chi connectivity index (χ3n) is 3.61. The number of imidazole rings is 1. The molecule has 0 unspecified atom stereocenters. The van der Waals surface area contributed by atoms with Crippen molar-refractivity contribution in [2.45, 2.75) is 27.7 Å². The van der Waals surface area contributed by atoms with Gasteiger partial charge in [-0.25, -0.2) is 4.98 Å². The van der Waals surface area contributed by atoms with E-state index in [0.717, 1.165) is 28.4 Å². The van der Waals surface area contributed by atoms with Crippen LogP contribution < -0.4 is 4.90 Å². The fourth-order valence-corrected chi connectivity index (χ4v) is 2.54. The fraction of sp³-hybridized carbons (Fsp3) is 0.190. The van der Waals surface area contributed by atoms with Crippen molar-refractivity contribution in [1.82, 2.24) is 9.97 Å². The molecule has 2 aromatic carbocycles. The van der Waals surface area contributed by atoms with Crippen LogP contribution in [0.4, 0.5) is 11.6 Å². The first-order valence-electron chi connectivity index (χ1n) is 8.33. The van der Waals surface area contributed by atoms with Gasteiger partial charge in [-0.15, -0.1) is 0 Å². The molecule has 0 fully saturated rings. The van der Waals surface area contributed by atoms with Crippen LogP contribution in [-0.4, -0.2) is 9.97 Å². The van der Waals surface area contributed by atoms with E-state index in [0.29, 0.717) is 0 Å². The number of fused-ring (bicyclic) bond motifs is 1. The van der Waals surface area contributed by atoms with E-state index in [9.17, 15) is 0 Å². The third-order valence-corrected chi connectivity index (χ3v) is 3.61. The highest BCUT2D eigenvalue weighted by Crippen LogP contribution is 2.30. The number of rotatable bonds is 4. The maximum Gasteiger partial charge on any atom is 0.213 e. The van der Waals surface area contributed by atoms with E-state index in [4.69, 9.17) is 4.98 Å². The second-order valence-corrected chi connectivity index (χ2v) is 5.17. The van der Waals surface area contributed by atoms with Gasteiger partial charge in [0.05, 0.1) is 11.0 Å². The van der Waals surface area contributed by atoms with Crippen LogP contribution in [0.25, 0.3) is 11.0 Å². The number of anilines is 2. The Kier molecular flexibility index (Phi) is 5.96. The number of nitrogens with one attached hydrogen (secondary N) is 1. The Labute approximate surface area is 144 Å². The smallest absolute Gasteiger partial charge is 0.213 e. The summed E-state index contributed by atoms with van der Waals surface area (Å²) < 4.78 is 0. The molecule has 3 rings (SSSR count). The van der Waals surface area contributed by atoms with E-state index in [1.165, 1.54) is 5.56 Å². The van der Waals surface area contributed by atoms with Gasteiger partial charge in [-0.3, -0.25) is 4.90 Å². The molecule has 0 amide bonds. The number of hydrogen-bond donors (Lipinski definition) is 1. The number of nitrogens with zero attached hydrogens (tertiary/aromatic N) is 2. The molecule has 1 heterocycles. The summed E-state index contributed by atoms with van der Waals surface area (Å²) in [5, 5.41) is 0. The summed E-state index contributed by atoms with van der Waals surface area (Å²) in [7, 11) is 0. The molecular weight excluding hydrogens is 294 g/mol. The van der Waals surface area contributed by atoms with Crippen LogP contribution in [-0.2, 0) is 0 Å². The molecule has 1 N–H and O–H groups in total. The first kappa shape index (κ1) is 17.5. The largest absolute Gasteiger partial charge is 0.323 e. The first-order valence-corrected chi connectivity index (χ1v) is 8.33. The van der Waals surface area contributed by atoms with E-state index in [-0.39, 0.29) is 0 Å². The normalized spacial score (nSPS) is 10.9. The summed E-state index contributed by atoms with van der Waals surface area (Å²) in [5.74, 6) is 0.791. The fourth-order valence-electron chi connectivity index (χ4n) is 2.54. The molecule has 0 aliphatic rings. The van der Waals surface area contributed by atoms with Gasteiger partial charge in [0.1, 0.15) is 0 Å². The molecule has 3 nitrogen and oxygen atoms in total. The average molecular weight is 319 g/mol. The van der Waals surface area contributed by atoms with Crippen LogP contribution in [0.2, 0.25) is 0 Å². The van der Waals surface area contributed by atoms with Gasteiger partial charge in [0, 0.05) is 11.4 Å². The molecule has 0 aliphatic heterocycles. The quantitative estimate of drug-likeness (QED) is 0.587. The first-order chi connectivity index (χ1) is 11.7. The van der Waals surface area contributed by atoms with Crippen molar-refractivity contribution in [2.24, 2.45) is 0 Å². The highest BCUT2D eigenvalue weighted by Gasteiger charge is 2.16. The monoisotopic (exact) mass is 319 g/mol. The molecule has 3 heteroatoms. The van der Waals surface area contributed by atoms with E-state index >= 15 is 0 Å². The summed E-state index contributed by atoms with van der Waals surface area (Å²) in [5.41, 5.74) is 5.24. The number of hydrogen-bond acceptors (Lipinski definition) is 2. The number of aromatic nitrogens is 2. The molecule has 0 radical (unpaired) electrons. The van der Waals surface area contributed by atoms with Gasteiger partial charge >= 0.3 is 0 Å². The number of allylic oxidation sites excluding steroid dienone is 2. The van der Waals surface area contributed by atoms with Crippen molar-refractivity contribution in [2.75, 3.05) is 4.90 Å². The van der Waals surface area contributed by atoms with E-state index in [1.807, 2.05) is 57.2 Å². The number of H-pyrrole nitrogens is 1. The van der Waals surface area contributed by atoms with Gasteiger partial charge in [0.15, 0.2) is 0 Å². The lowest BCUT2D eigenvalue weighted by molar-refractivity contribution is 1.10.